The Morgan fingerprint density at radius 1 is 0.857 bits per heavy atom. The maximum Gasteiger partial charge on any atom is 0.138 e. The largest absolute Gasteiger partial charge is 0.354 e. The summed E-state index contributed by atoms with van der Waals surface area (Å²) in [5.74, 6) is 2.01. The summed E-state index contributed by atoms with van der Waals surface area (Å²) in [6.45, 7) is 4.91. The lowest BCUT2D eigenvalue weighted by molar-refractivity contribution is 0.247. The number of anilines is 1. The van der Waals surface area contributed by atoms with Crippen LogP contribution in [0.15, 0.2) is 73.1 Å². The van der Waals surface area contributed by atoms with Crippen molar-refractivity contribution in [1.29, 1.82) is 0 Å². The Kier molecular flexibility index (Phi) is 4.51. The number of rotatable bonds is 4. The molecule has 28 heavy (non-hydrogen) atoms. The molecule has 0 bridgehead atoms. The number of hydrogen-bond acceptors (Lipinski definition) is 4. The van der Waals surface area contributed by atoms with Crippen LogP contribution in [0.4, 0.5) is 5.82 Å². The van der Waals surface area contributed by atoms with Crippen molar-refractivity contribution in [3.8, 4) is 11.4 Å². The predicted octanol–water partition coefficient (Wildman–Crippen LogP) is 3.95. The molecular weight excluding hydrogens is 346 g/mol. The first kappa shape index (κ1) is 17.0. The Balaban J connectivity index is 1.27. The molecule has 1 fully saturated rings. The lowest BCUT2D eigenvalue weighted by Gasteiger charge is -2.35. The molecule has 0 radical (unpaired) electrons. The number of piperazine rings is 1. The van der Waals surface area contributed by atoms with Crippen molar-refractivity contribution in [2.45, 2.75) is 6.54 Å². The van der Waals surface area contributed by atoms with Gasteiger partial charge in [0, 0.05) is 50.7 Å². The zero-order chi connectivity index (χ0) is 18.8. The molecule has 0 amide bonds. The summed E-state index contributed by atoms with van der Waals surface area (Å²) < 4.78 is 0. The zero-order valence-electron chi connectivity index (χ0n) is 15.8. The van der Waals surface area contributed by atoms with E-state index in [0.29, 0.717) is 0 Å². The molecule has 0 spiro atoms. The van der Waals surface area contributed by atoms with Crippen LogP contribution in [-0.4, -0.2) is 46.0 Å². The van der Waals surface area contributed by atoms with Gasteiger partial charge in [-0.1, -0.05) is 48.5 Å². The third kappa shape index (κ3) is 3.37. The first-order valence-corrected chi connectivity index (χ1v) is 9.77. The molecule has 0 unspecified atom stereocenters. The molecule has 0 aliphatic carbocycles. The average molecular weight is 369 g/mol. The van der Waals surface area contributed by atoms with Crippen molar-refractivity contribution in [2.24, 2.45) is 0 Å². The maximum atomic E-state index is 4.88. The van der Waals surface area contributed by atoms with Crippen LogP contribution in [0, 0.1) is 0 Å². The van der Waals surface area contributed by atoms with Gasteiger partial charge in [-0.3, -0.25) is 4.90 Å². The van der Waals surface area contributed by atoms with E-state index in [9.17, 15) is 0 Å². The molecule has 5 heteroatoms. The summed E-state index contributed by atoms with van der Waals surface area (Å²) in [4.78, 5) is 17.5. The number of aromatic amines is 1. The summed E-state index contributed by atoms with van der Waals surface area (Å²) in [5, 5.41) is 2.47. The molecule has 5 rings (SSSR count). The first-order chi connectivity index (χ1) is 13.9. The molecule has 3 heterocycles. The normalized spacial score (nSPS) is 15.2. The standard InChI is InChI=1S/C23H23N5/c1-2-8-20-18(6-1)7-5-9-21(20)23-25-16-19(26-23)17-27-12-14-28(15-13-27)22-10-3-4-11-24-22/h1-11,16H,12-15,17H2,(H,25,26). The fourth-order valence-corrected chi connectivity index (χ4v) is 3.92. The molecule has 5 nitrogen and oxygen atoms in total. The number of fused-ring (bicyclic) bond motifs is 1. The van der Waals surface area contributed by atoms with E-state index in [0.717, 1.165) is 55.6 Å². The Morgan fingerprint density at radius 2 is 1.68 bits per heavy atom. The predicted molar refractivity (Wildman–Crippen MR) is 113 cm³/mol. The van der Waals surface area contributed by atoms with E-state index in [1.165, 1.54) is 10.8 Å². The van der Waals surface area contributed by atoms with E-state index in [1.54, 1.807) is 0 Å². The second kappa shape index (κ2) is 7.44. The summed E-state index contributed by atoms with van der Waals surface area (Å²) in [6.07, 6.45) is 3.91. The highest BCUT2D eigenvalue weighted by molar-refractivity contribution is 5.95. The smallest absolute Gasteiger partial charge is 0.138 e. The highest BCUT2D eigenvalue weighted by atomic mass is 15.3. The van der Waals surface area contributed by atoms with Crippen molar-refractivity contribution in [1.82, 2.24) is 19.9 Å². The quantitative estimate of drug-likeness (QED) is 0.592. The van der Waals surface area contributed by atoms with Gasteiger partial charge in [0.05, 0.1) is 5.69 Å². The molecule has 0 saturated carbocycles. The van der Waals surface area contributed by atoms with E-state index in [4.69, 9.17) is 4.98 Å². The van der Waals surface area contributed by atoms with E-state index in [2.05, 4.69) is 68.3 Å². The zero-order valence-corrected chi connectivity index (χ0v) is 15.8. The van der Waals surface area contributed by atoms with Crippen LogP contribution in [0.2, 0.25) is 0 Å². The second-order valence-electron chi connectivity index (χ2n) is 7.22. The van der Waals surface area contributed by atoms with Crippen LogP contribution in [0.25, 0.3) is 22.2 Å². The van der Waals surface area contributed by atoms with Gasteiger partial charge in [0.1, 0.15) is 11.6 Å². The van der Waals surface area contributed by atoms with Gasteiger partial charge in [0.25, 0.3) is 0 Å². The Bertz CT molecular complexity index is 1060. The number of benzene rings is 2. The monoisotopic (exact) mass is 369 g/mol. The van der Waals surface area contributed by atoms with Gasteiger partial charge in [-0.25, -0.2) is 9.97 Å². The second-order valence-corrected chi connectivity index (χ2v) is 7.22. The minimum Gasteiger partial charge on any atom is -0.354 e. The number of imidazole rings is 1. The van der Waals surface area contributed by atoms with Crippen molar-refractivity contribution < 1.29 is 0 Å². The van der Waals surface area contributed by atoms with Gasteiger partial charge in [0.15, 0.2) is 0 Å². The van der Waals surface area contributed by atoms with E-state index >= 15 is 0 Å². The van der Waals surface area contributed by atoms with Crippen molar-refractivity contribution in [3.63, 3.8) is 0 Å². The number of pyridine rings is 1. The lowest BCUT2D eigenvalue weighted by Crippen LogP contribution is -2.46. The molecule has 1 saturated heterocycles. The number of aromatic nitrogens is 3. The minimum absolute atomic E-state index is 0.872. The number of nitrogens with one attached hydrogen (secondary N) is 1. The fraction of sp³-hybridized carbons (Fsp3) is 0.217. The minimum atomic E-state index is 0.872. The van der Waals surface area contributed by atoms with Gasteiger partial charge in [-0.15, -0.1) is 0 Å². The van der Waals surface area contributed by atoms with Gasteiger partial charge >= 0.3 is 0 Å². The third-order valence-electron chi connectivity index (χ3n) is 5.41. The van der Waals surface area contributed by atoms with E-state index in [-0.39, 0.29) is 0 Å². The number of nitrogens with zero attached hydrogens (tertiary/aromatic N) is 4. The molecule has 2 aromatic carbocycles. The number of H-pyrrole nitrogens is 1. The van der Waals surface area contributed by atoms with E-state index in [1.807, 2.05) is 24.5 Å². The topological polar surface area (TPSA) is 48.0 Å². The molecule has 0 atom stereocenters. The molecule has 4 aromatic rings. The maximum absolute atomic E-state index is 4.88. The van der Waals surface area contributed by atoms with Gasteiger partial charge in [-0.05, 0) is 22.9 Å². The molecular formula is C23H23N5. The molecule has 1 aliphatic heterocycles. The van der Waals surface area contributed by atoms with Crippen molar-refractivity contribution in [3.05, 3.63) is 78.8 Å². The Hall–Kier alpha value is -3.18. The highest BCUT2D eigenvalue weighted by Gasteiger charge is 2.19. The summed E-state index contributed by atoms with van der Waals surface area (Å²) in [6, 6.07) is 20.9. The van der Waals surface area contributed by atoms with Crippen LogP contribution in [0.1, 0.15) is 5.69 Å². The molecule has 1 aliphatic rings. The first-order valence-electron chi connectivity index (χ1n) is 9.77. The lowest BCUT2D eigenvalue weighted by atomic mass is 10.0. The molecule has 140 valence electrons. The van der Waals surface area contributed by atoms with E-state index < -0.39 is 0 Å². The van der Waals surface area contributed by atoms with Crippen LogP contribution in [-0.2, 0) is 6.54 Å². The van der Waals surface area contributed by atoms with Crippen molar-refractivity contribution in [2.75, 3.05) is 31.1 Å². The third-order valence-corrected chi connectivity index (χ3v) is 5.41. The van der Waals surface area contributed by atoms with Gasteiger partial charge in [-0.2, -0.15) is 0 Å². The van der Waals surface area contributed by atoms with Gasteiger partial charge in [0.2, 0.25) is 0 Å². The Morgan fingerprint density at radius 3 is 2.54 bits per heavy atom. The highest BCUT2D eigenvalue weighted by Crippen LogP contribution is 2.26. The van der Waals surface area contributed by atoms with Crippen molar-refractivity contribution >= 4 is 16.6 Å². The van der Waals surface area contributed by atoms with Crippen LogP contribution in [0.5, 0.6) is 0 Å². The SMILES string of the molecule is c1ccc(N2CCN(Cc3c[nH]c(-c4cccc5ccccc45)n3)CC2)nc1. The summed E-state index contributed by atoms with van der Waals surface area (Å²) >= 11 is 0. The molecule has 1 N–H and O–H groups in total. The van der Waals surface area contributed by atoms with Crippen LogP contribution in [0.3, 0.4) is 0 Å². The van der Waals surface area contributed by atoms with Crippen LogP contribution < -0.4 is 4.90 Å². The summed E-state index contributed by atoms with van der Waals surface area (Å²) in [5.41, 5.74) is 2.25. The molecule has 2 aromatic heterocycles. The van der Waals surface area contributed by atoms with Gasteiger partial charge < -0.3 is 9.88 Å². The Labute approximate surface area is 164 Å². The number of hydrogen-bond donors (Lipinski definition) is 1. The average Bonchev–Trinajstić information content (AvgIpc) is 3.23. The fourth-order valence-electron chi connectivity index (χ4n) is 3.92. The summed E-state index contributed by atoms with van der Waals surface area (Å²) in [7, 11) is 0. The van der Waals surface area contributed by atoms with Crippen LogP contribution >= 0.6 is 0 Å².